The number of halogens is 1. The number of benzene rings is 1. The molecule has 1 rings (SSSR count). The molecule has 86 valence electrons. The molecule has 0 atom stereocenters. The van der Waals surface area contributed by atoms with Gasteiger partial charge in [0.05, 0.1) is 6.61 Å². The van der Waals surface area contributed by atoms with Crippen LogP contribution in [-0.2, 0) is 4.79 Å². The summed E-state index contributed by atoms with van der Waals surface area (Å²) in [5, 5.41) is 8.68. The fourth-order valence-corrected chi connectivity index (χ4v) is 1.58. The summed E-state index contributed by atoms with van der Waals surface area (Å²) in [5.41, 5.74) is 0.958. The van der Waals surface area contributed by atoms with Crippen LogP contribution in [0, 0.1) is 0 Å². The molecule has 3 nitrogen and oxygen atoms in total. The molecule has 0 aliphatic heterocycles. The lowest BCUT2D eigenvalue weighted by atomic mass is 10.2. The number of nitrogens with zero attached hydrogens (tertiary/aromatic N) is 1. The molecular formula is C12H14BrNO2. The van der Waals surface area contributed by atoms with Crippen LogP contribution >= 0.6 is 15.9 Å². The Morgan fingerprint density at radius 1 is 1.56 bits per heavy atom. The molecule has 0 unspecified atom stereocenters. The van der Waals surface area contributed by atoms with Crippen molar-refractivity contribution in [2.75, 3.05) is 20.2 Å². The summed E-state index contributed by atoms with van der Waals surface area (Å²) in [6, 6.07) is 7.68. The molecular weight excluding hydrogens is 270 g/mol. The van der Waals surface area contributed by atoms with Crippen LogP contribution in [0.3, 0.4) is 0 Å². The Balaban J connectivity index is 2.63. The molecule has 0 saturated heterocycles. The molecule has 0 spiro atoms. The molecule has 1 aromatic rings. The number of carbonyl (C=O) groups excluding carboxylic acids is 1. The average molecular weight is 284 g/mol. The maximum absolute atomic E-state index is 11.5. The fourth-order valence-electron chi connectivity index (χ4n) is 1.17. The molecule has 16 heavy (non-hydrogen) atoms. The Labute approximate surface area is 104 Å². The highest BCUT2D eigenvalue weighted by molar-refractivity contribution is 9.10. The number of hydrogen-bond donors (Lipinski definition) is 1. The van der Waals surface area contributed by atoms with Crippen LogP contribution in [0.5, 0.6) is 0 Å². The van der Waals surface area contributed by atoms with Crippen molar-refractivity contribution in [1.29, 1.82) is 0 Å². The van der Waals surface area contributed by atoms with E-state index in [1.54, 1.807) is 13.1 Å². The van der Waals surface area contributed by atoms with Crippen molar-refractivity contribution in [2.24, 2.45) is 0 Å². The second-order valence-corrected chi connectivity index (χ2v) is 4.29. The van der Waals surface area contributed by atoms with Gasteiger partial charge in [0.1, 0.15) is 0 Å². The van der Waals surface area contributed by atoms with Crippen LogP contribution < -0.4 is 0 Å². The van der Waals surface area contributed by atoms with E-state index in [9.17, 15) is 4.79 Å². The van der Waals surface area contributed by atoms with E-state index < -0.39 is 0 Å². The Morgan fingerprint density at radius 3 is 2.94 bits per heavy atom. The number of carbonyl (C=O) groups is 1. The molecule has 1 amide bonds. The molecule has 1 aromatic carbocycles. The predicted octanol–water partition coefficient (Wildman–Crippen LogP) is 1.91. The SMILES string of the molecule is CN(CCO)C(=O)/C=C/c1cccc(Br)c1. The molecule has 0 fully saturated rings. The molecule has 0 aliphatic rings. The van der Waals surface area contributed by atoms with Crippen LogP contribution in [0.1, 0.15) is 5.56 Å². The average Bonchev–Trinajstić information content (AvgIpc) is 2.26. The van der Waals surface area contributed by atoms with E-state index in [2.05, 4.69) is 15.9 Å². The second-order valence-electron chi connectivity index (χ2n) is 3.37. The lowest BCUT2D eigenvalue weighted by molar-refractivity contribution is -0.125. The third-order valence-corrected chi connectivity index (χ3v) is 2.57. The molecule has 4 heteroatoms. The first kappa shape index (κ1) is 12.9. The number of hydrogen-bond acceptors (Lipinski definition) is 2. The lowest BCUT2D eigenvalue weighted by Gasteiger charge is -2.12. The summed E-state index contributed by atoms with van der Waals surface area (Å²) in [6.45, 7) is 0.328. The van der Waals surface area contributed by atoms with Gasteiger partial charge in [0, 0.05) is 24.1 Å². The van der Waals surface area contributed by atoms with Gasteiger partial charge in [0.15, 0.2) is 0 Å². The van der Waals surface area contributed by atoms with E-state index in [1.807, 2.05) is 24.3 Å². The highest BCUT2D eigenvalue weighted by Crippen LogP contribution is 2.12. The van der Waals surface area contributed by atoms with Gasteiger partial charge in [-0.3, -0.25) is 4.79 Å². The van der Waals surface area contributed by atoms with Crippen LogP contribution in [0.15, 0.2) is 34.8 Å². The van der Waals surface area contributed by atoms with Crippen molar-refractivity contribution in [2.45, 2.75) is 0 Å². The monoisotopic (exact) mass is 283 g/mol. The second kappa shape index (κ2) is 6.45. The van der Waals surface area contributed by atoms with Crippen LogP contribution in [0.4, 0.5) is 0 Å². The molecule has 0 saturated carbocycles. The van der Waals surface area contributed by atoms with Gasteiger partial charge < -0.3 is 10.0 Å². The Bertz CT molecular complexity index is 390. The fraction of sp³-hybridized carbons (Fsp3) is 0.250. The summed E-state index contributed by atoms with van der Waals surface area (Å²) >= 11 is 3.36. The summed E-state index contributed by atoms with van der Waals surface area (Å²) in [6.07, 6.45) is 3.25. The Hall–Kier alpha value is -1.13. The number of amides is 1. The minimum atomic E-state index is -0.117. The van der Waals surface area contributed by atoms with Crippen LogP contribution in [0.2, 0.25) is 0 Å². The van der Waals surface area contributed by atoms with Gasteiger partial charge in [-0.15, -0.1) is 0 Å². The van der Waals surface area contributed by atoms with E-state index in [0.717, 1.165) is 10.0 Å². The first-order chi connectivity index (χ1) is 7.63. The first-order valence-electron chi connectivity index (χ1n) is 4.93. The zero-order valence-electron chi connectivity index (χ0n) is 9.06. The smallest absolute Gasteiger partial charge is 0.246 e. The molecule has 0 bridgehead atoms. The van der Waals surface area contributed by atoms with Crippen LogP contribution in [-0.4, -0.2) is 36.1 Å². The van der Waals surface area contributed by atoms with Gasteiger partial charge in [-0.05, 0) is 23.8 Å². The van der Waals surface area contributed by atoms with E-state index in [-0.39, 0.29) is 12.5 Å². The largest absolute Gasteiger partial charge is 0.395 e. The third kappa shape index (κ3) is 4.16. The quantitative estimate of drug-likeness (QED) is 0.858. The third-order valence-electron chi connectivity index (χ3n) is 2.08. The highest BCUT2D eigenvalue weighted by Gasteiger charge is 2.02. The minimum absolute atomic E-state index is 0.0209. The maximum Gasteiger partial charge on any atom is 0.246 e. The van der Waals surface area contributed by atoms with Gasteiger partial charge in [-0.1, -0.05) is 28.1 Å². The zero-order chi connectivity index (χ0) is 12.0. The lowest BCUT2D eigenvalue weighted by Crippen LogP contribution is -2.27. The van der Waals surface area contributed by atoms with Crippen molar-refractivity contribution in [1.82, 2.24) is 4.90 Å². The summed E-state index contributed by atoms with van der Waals surface area (Å²) < 4.78 is 0.978. The number of rotatable bonds is 4. The minimum Gasteiger partial charge on any atom is -0.395 e. The van der Waals surface area contributed by atoms with Gasteiger partial charge in [0.2, 0.25) is 5.91 Å². The predicted molar refractivity (Wildman–Crippen MR) is 67.9 cm³/mol. The molecule has 0 radical (unpaired) electrons. The zero-order valence-corrected chi connectivity index (χ0v) is 10.6. The van der Waals surface area contributed by atoms with E-state index in [4.69, 9.17) is 5.11 Å². The molecule has 1 N–H and O–H groups in total. The van der Waals surface area contributed by atoms with Crippen molar-refractivity contribution in [3.63, 3.8) is 0 Å². The standard InChI is InChI=1S/C12H14BrNO2/c1-14(7-8-15)12(16)6-5-10-3-2-4-11(13)9-10/h2-6,9,15H,7-8H2,1H3/b6-5+. The number of aliphatic hydroxyl groups is 1. The van der Waals surface area contributed by atoms with Crippen LogP contribution in [0.25, 0.3) is 6.08 Å². The topological polar surface area (TPSA) is 40.5 Å². The molecule has 0 heterocycles. The van der Waals surface area contributed by atoms with E-state index >= 15 is 0 Å². The first-order valence-corrected chi connectivity index (χ1v) is 5.72. The highest BCUT2D eigenvalue weighted by atomic mass is 79.9. The summed E-state index contributed by atoms with van der Waals surface area (Å²) in [7, 11) is 1.66. The Kier molecular flexibility index (Phi) is 5.22. The van der Waals surface area contributed by atoms with Crippen molar-refractivity contribution in [3.8, 4) is 0 Å². The van der Waals surface area contributed by atoms with Gasteiger partial charge in [-0.2, -0.15) is 0 Å². The van der Waals surface area contributed by atoms with Gasteiger partial charge >= 0.3 is 0 Å². The normalized spacial score (nSPS) is 10.7. The summed E-state index contributed by atoms with van der Waals surface area (Å²) in [5.74, 6) is -0.117. The number of likely N-dealkylation sites (N-methyl/N-ethyl adjacent to an activating group) is 1. The van der Waals surface area contributed by atoms with E-state index in [1.165, 1.54) is 11.0 Å². The van der Waals surface area contributed by atoms with Crippen molar-refractivity contribution in [3.05, 3.63) is 40.4 Å². The number of aliphatic hydroxyl groups excluding tert-OH is 1. The van der Waals surface area contributed by atoms with Crippen molar-refractivity contribution >= 4 is 27.9 Å². The summed E-state index contributed by atoms with van der Waals surface area (Å²) in [4.78, 5) is 13.0. The van der Waals surface area contributed by atoms with Crippen molar-refractivity contribution < 1.29 is 9.90 Å². The van der Waals surface area contributed by atoms with Gasteiger partial charge in [0.25, 0.3) is 0 Å². The Morgan fingerprint density at radius 2 is 2.31 bits per heavy atom. The maximum atomic E-state index is 11.5. The van der Waals surface area contributed by atoms with E-state index in [0.29, 0.717) is 6.54 Å². The molecule has 0 aromatic heterocycles. The molecule has 0 aliphatic carbocycles. The van der Waals surface area contributed by atoms with Gasteiger partial charge in [-0.25, -0.2) is 0 Å².